The number of aryl methyl sites for hydroxylation is 1. The molecule has 29 heavy (non-hydrogen) atoms. The van der Waals surface area contributed by atoms with E-state index in [2.05, 4.69) is 25.8 Å². The molecule has 0 atom stereocenters. The van der Waals surface area contributed by atoms with Crippen molar-refractivity contribution in [2.75, 3.05) is 4.90 Å². The predicted molar refractivity (Wildman–Crippen MR) is 118 cm³/mol. The molecule has 5 nitrogen and oxygen atoms in total. The highest BCUT2D eigenvalue weighted by molar-refractivity contribution is 9.10. The number of para-hydroxylation sites is 1. The lowest BCUT2D eigenvalue weighted by atomic mass is 10.2. The molecule has 3 aromatic rings. The fourth-order valence-corrected chi connectivity index (χ4v) is 4.12. The molecule has 1 aliphatic heterocycles. The Balaban J connectivity index is 1.73. The zero-order valence-electron chi connectivity index (χ0n) is 15.7. The number of benzene rings is 2. The maximum atomic E-state index is 12.9. The number of rotatable bonds is 3. The van der Waals surface area contributed by atoms with Crippen LogP contribution in [0.15, 0.2) is 64.8 Å². The van der Waals surface area contributed by atoms with Crippen molar-refractivity contribution in [2.45, 2.75) is 13.8 Å². The van der Waals surface area contributed by atoms with E-state index in [1.165, 1.54) is 0 Å². The van der Waals surface area contributed by atoms with Gasteiger partial charge in [0.15, 0.2) is 0 Å². The lowest BCUT2D eigenvalue weighted by molar-refractivity contribution is -0.113. The number of halogens is 2. The van der Waals surface area contributed by atoms with E-state index in [1.807, 2.05) is 44.2 Å². The van der Waals surface area contributed by atoms with E-state index in [4.69, 9.17) is 11.6 Å². The number of anilines is 1. The molecule has 1 aliphatic rings. The third-order valence-corrected chi connectivity index (χ3v) is 5.71. The Morgan fingerprint density at radius 1 is 1.03 bits per heavy atom. The summed E-state index contributed by atoms with van der Waals surface area (Å²) in [6, 6.07) is 16.1. The maximum absolute atomic E-state index is 12.9. The molecule has 2 aromatic carbocycles. The van der Waals surface area contributed by atoms with Gasteiger partial charge in [0, 0.05) is 20.9 Å². The van der Waals surface area contributed by atoms with Gasteiger partial charge in [0.25, 0.3) is 5.91 Å². The molecule has 1 N–H and O–H groups in total. The largest absolute Gasteiger partial charge is 0.333 e. The van der Waals surface area contributed by atoms with Crippen molar-refractivity contribution in [1.82, 2.24) is 9.88 Å². The number of hydrogen-bond acceptors (Lipinski definition) is 2. The average Bonchev–Trinajstić information content (AvgIpc) is 3.11. The molecule has 1 aromatic heterocycles. The molecular formula is C22H17BrClN3O2. The van der Waals surface area contributed by atoms with Gasteiger partial charge >= 0.3 is 6.03 Å². The van der Waals surface area contributed by atoms with Crippen molar-refractivity contribution < 1.29 is 9.59 Å². The monoisotopic (exact) mass is 469 g/mol. The van der Waals surface area contributed by atoms with Crippen LogP contribution in [0.5, 0.6) is 0 Å². The van der Waals surface area contributed by atoms with E-state index in [1.54, 1.807) is 30.3 Å². The van der Waals surface area contributed by atoms with Gasteiger partial charge in [0.1, 0.15) is 5.70 Å². The van der Waals surface area contributed by atoms with Gasteiger partial charge in [-0.1, -0.05) is 29.8 Å². The molecule has 0 bridgehead atoms. The minimum Gasteiger partial charge on any atom is -0.317 e. The molecule has 0 unspecified atom stereocenters. The minimum atomic E-state index is -0.497. The second kappa shape index (κ2) is 7.54. The van der Waals surface area contributed by atoms with Gasteiger partial charge in [0.05, 0.1) is 11.4 Å². The molecule has 2 heterocycles. The highest BCUT2D eigenvalue weighted by Gasteiger charge is 2.35. The molecule has 1 saturated heterocycles. The Morgan fingerprint density at radius 3 is 2.52 bits per heavy atom. The van der Waals surface area contributed by atoms with E-state index in [0.29, 0.717) is 10.7 Å². The van der Waals surface area contributed by atoms with Crippen LogP contribution in [0.2, 0.25) is 5.02 Å². The molecule has 0 aliphatic carbocycles. The summed E-state index contributed by atoms with van der Waals surface area (Å²) in [6.45, 7) is 3.98. The number of aromatic nitrogens is 1. The van der Waals surface area contributed by atoms with Crippen LogP contribution in [0.3, 0.4) is 0 Å². The molecule has 0 radical (unpaired) electrons. The fourth-order valence-electron chi connectivity index (χ4n) is 3.48. The first-order valence-corrected chi connectivity index (χ1v) is 10.1. The number of amides is 3. The number of imide groups is 1. The Hall–Kier alpha value is -2.83. The number of nitrogens with one attached hydrogen (secondary N) is 1. The first-order valence-electron chi connectivity index (χ1n) is 8.93. The Kier molecular flexibility index (Phi) is 5.06. The van der Waals surface area contributed by atoms with E-state index >= 15 is 0 Å². The van der Waals surface area contributed by atoms with Crippen LogP contribution in [0.25, 0.3) is 11.8 Å². The molecule has 0 saturated carbocycles. The SMILES string of the molecule is Cc1cc(/C=C2/NC(=O)N(c3cccc(Cl)c3)C2=O)c(C)n1-c1ccccc1Br. The standard InChI is InChI=1S/C22H17BrClN3O2/c1-13-10-15(14(2)26(13)20-9-4-3-8-18(20)23)11-19-21(28)27(22(29)25-19)17-7-5-6-16(24)12-17/h3-12H,1-2H3,(H,25,29)/b19-11+. The normalized spacial score (nSPS) is 15.3. The summed E-state index contributed by atoms with van der Waals surface area (Å²) in [4.78, 5) is 26.4. The predicted octanol–water partition coefficient (Wildman–Crippen LogP) is 5.61. The second-order valence-electron chi connectivity index (χ2n) is 6.72. The number of carbonyl (C=O) groups is 2. The number of carbonyl (C=O) groups excluding carboxylic acids is 2. The van der Waals surface area contributed by atoms with Crippen molar-refractivity contribution in [1.29, 1.82) is 0 Å². The van der Waals surface area contributed by atoms with Crippen LogP contribution >= 0.6 is 27.5 Å². The fraction of sp³-hybridized carbons (Fsp3) is 0.0909. The van der Waals surface area contributed by atoms with Crippen molar-refractivity contribution >= 4 is 51.2 Å². The maximum Gasteiger partial charge on any atom is 0.333 e. The summed E-state index contributed by atoms with van der Waals surface area (Å²) in [5, 5.41) is 3.12. The van der Waals surface area contributed by atoms with Crippen molar-refractivity contribution in [2.24, 2.45) is 0 Å². The zero-order valence-corrected chi connectivity index (χ0v) is 18.1. The Bertz CT molecular complexity index is 1180. The van der Waals surface area contributed by atoms with Gasteiger partial charge in [-0.05, 0) is 77.8 Å². The minimum absolute atomic E-state index is 0.224. The van der Waals surface area contributed by atoms with Gasteiger partial charge in [0.2, 0.25) is 0 Å². The first kappa shape index (κ1) is 19.5. The molecule has 146 valence electrons. The topological polar surface area (TPSA) is 54.3 Å². The quantitative estimate of drug-likeness (QED) is 0.400. The molecule has 1 fully saturated rings. The van der Waals surface area contributed by atoms with E-state index in [9.17, 15) is 9.59 Å². The van der Waals surface area contributed by atoms with Crippen LogP contribution in [0, 0.1) is 13.8 Å². The van der Waals surface area contributed by atoms with Crippen molar-refractivity contribution in [3.8, 4) is 5.69 Å². The van der Waals surface area contributed by atoms with Crippen molar-refractivity contribution in [3.63, 3.8) is 0 Å². The molecule has 3 amide bonds. The number of hydrogen-bond donors (Lipinski definition) is 1. The van der Waals surface area contributed by atoms with Gasteiger partial charge in [-0.25, -0.2) is 9.69 Å². The Labute approximate surface area is 181 Å². The molecule has 7 heteroatoms. The third kappa shape index (κ3) is 3.50. The number of nitrogens with zero attached hydrogens (tertiary/aromatic N) is 2. The molecular weight excluding hydrogens is 454 g/mol. The van der Waals surface area contributed by atoms with E-state index in [0.717, 1.165) is 32.0 Å². The highest BCUT2D eigenvalue weighted by Crippen LogP contribution is 2.29. The lowest BCUT2D eigenvalue weighted by Gasteiger charge is -2.12. The van der Waals surface area contributed by atoms with Gasteiger partial charge in [-0.15, -0.1) is 0 Å². The summed E-state index contributed by atoms with van der Waals surface area (Å²) in [5.41, 5.74) is 4.50. The summed E-state index contributed by atoms with van der Waals surface area (Å²) in [5.74, 6) is -0.414. The van der Waals surface area contributed by atoms with Crippen LogP contribution in [-0.2, 0) is 4.79 Å². The third-order valence-electron chi connectivity index (χ3n) is 4.81. The highest BCUT2D eigenvalue weighted by atomic mass is 79.9. The van der Waals surface area contributed by atoms with Crippen LogP contribution in [0.4, 0.5) is 10.5 Å². The van der Waals surface area contributed by atoms with E-state index < -0.39 is 11.9 Å². The summed E-state index contributed by atoms with van der Waals surface area (Å²) in [6.07, 6.45) is 1.71. The summed E-state index contributed by atoms with van der Waals surface area (Å²) in [7, 11) is 0. The summed E-state index contributed by atoms with van der Waals surface area (Å²) < 4.78 is 3.07. The van der Waals surface area contributed by atoms with Crippen LogP contribution in [-0.4, -0.2) is 16.5 Å². The lowest BCUT2D eigenvalue weighted by Crippen LogP contribution is -2.30. The molecule has 4 rings (SSSR count). The molecule has 0 spiro atoms. The van der Waals surface area contributed by atoms with Crippen LogP contribution < -0.4 is 10.2 Å². The van der Waals surface area contributed by atoms with Gasteiger partial charge < -0.3 is 9.88 Å². The van der Waals surface area contributed by atoms with E-state index in [-0.39, 0.29) is 5.70 Å². The summed E-state index contributed by atoms with van der Waals surface area (Å²) >= 11 is 9.60. The average molecular weight is 471 g/mol. The second-order valence-corrected chi connectivity index (χ2v) is 8.01. The van der Waals surface area contributed by atoms with Gasteiger partial charge in [-0.3, -0.25) is 4.79 Å². The smallest absolute Gasteiger partial charge is 0.317 e. The Morgan fingerprint density at radius 2 is 1.79 bits per heavy atom. The van der Waals surface area contributed by atoms with Crippen molar-refractivity contribution in [3.05, 3.63) is 86.7 Å². The van der Waals surface area contributed by atoms with Gasteiger partial charge in [-0.2, -0.15) is 0 Å². The zero-order chi connectivity index (χ0) is 20.7. The van der Waals surface area contributed by atoms with Crippen LogP contribution in [0.1, 0.15) is 17.0 Å². The first-order chi connectivity index (χ1) is 13.9. The number of urea groups is 1.